The van der Waals surface area contributed by atoms with Gasteiger partial charge in [-0.3, -0.25) is 4.79 Å². The Morgan fingerprint density at radius 1 is 1.52 bits per heavy atom. The minimum atomic E-state index is -0.401. The Labute approximate surface area is 135 Å². The monoisotopic (exact) mass is 315 g/mol. The van der Waals surface area contributed by atoms with Crippen molar-refractivity contribution in [2.24, 2.45) is 0 Å². The first kappa shape index (κ1) is 15.7. The summed E-state index contributed by atoms with van der Waals surface area (Å²) in [5, 5.41) is 13.5. The zero-order chi connectivity index (χ0) is 16.4. The standard InChI is InChI=1S/C17H21N3O3/c1-11(21)9-15-7-4-8-20(15)17(22)14-6-3-5-13(10-14)16-18-12(2)23-19-16/h3,5-6,10-11,15,21H,4,7-9H2,1-2H3. The number of aliphatic hydroxyl groups excluding tert-OH is 1. The number of carbonyl (C=O) groups is 1. The molecule has 2 atom stereocenters. The molecule has 0 bridgehead atoms. The summed E-state index contributed by atoms with van der Waals surface area (Å²) >= 11 is 0. The summed E-state index contributed by atoms with van der Waals surface area (Å²) in [5.74, 6) is 0.975. The first-order chi connectivity index (χ1) is 11.0. The molecule has 1 aromatic carbocycles. The minimum absolute atomic E-state index is 0.00443. The fourth-order valence-corrected chi connectivity index (χ4v) is 3.12. The number of nitrogens with zero attached hydrogens (tertiary/aromatic N) is 3. The molecule has 6 heteroatoms. The van der Waals surface area contributed by atoms with E-state index < -0.39 is 6.10 Å². The molecule has 1 amide bonds. The van der Waals surface area contributed by atoms with Crippen LogP contribution >= 0.6 is 0 Å². The Morgan fingerprint density at radius 2 is 2.35 bits per heavy atom. The van der Waals surface area contributed by atoms with Gasteiger partial charge in [-0.05, 0) is 38.3 Å². The number of amides is 1. The highest BCUT2D eigenvalue weighted by Gasteiger charge is 2.30. The van der Waals surface area contributed by atoms with Gasteiger partial charge in [-0.15, -0.1) is 0 Å². The lowest BCUT2D eigenvalue weighted by molar-refractivity contribution is 0.0682. The summed E-state index contributed by atoms with van der Waals surface area (Å²) in [4.78, 5) is 18.9. The van der Waals surface area contributed by atoms with Crippen LogP contribution in [0.5, 0.6) is 0 Å². The topological polar surface area (TPSA) is 79.5 Å². The van der Waals surface area contributed by atoms with E-state index in [2.05, 4.69) is 10.1 Å². The Bertz CT molecular complexity index is 696. The van der Waals surface area contributed by atoms with Gasteiger partial charge in [-0.2, -0.15) is 4.98 Å². The van der Waals surface area contributed by atoms with E-state index >= 15 is 0 Å². The van der Waals surface area contributed by atoms with Crippen molar-refractivity contribution in [3.63, 3.8) is 0 Å². The Hall–Kier alpha value is -2.21. The fraction of sp³-hybridized carbons (Fsp3) is 0.471. The minimum Gasteiger partial charge on any atom is -0.393 e. The maximum Gasteiger partial charge on any atom is 0.254 e. The van der Waals surface area contributed by atoms with E-state index in [9.17, 15) is 9.90 Å². The molecular weight excluding hydrogens is 294 g/mol. The van der Waals surface area contributed by atoms with Crippen LogP contribution in [0.4, 0.5) is 0 Å². The SMILES string of the molecule is Cc1nc(-c2cccc(C(=O)N3CCCC3CC(C)O)c2)no1. The predicted molar refractivity (Wildman–Crippen MR) is 84.8 cm³/mol. The summed E-state index contributed by atoms with van der Waals surface area (Å²) in [6.45, 7) is 4.23. The van der Waals surface area contributed by atoms with Crippen LogP contribution in [0.2, 0.25) is 0 Å². The van der Waals surface area contributed by atoms with Gasteiger partial charge in [0.05, 0.1) is 6.10 Å². The molecule has 6 nitrogen and oxygen atoms in total. The third-order valence-electron chi connectivity index (χ3n) is 4.15. The first-order valence-electron chi connectivity index (χ1n) is 7.94. The Morgan fingerprint density at radius 3 is 3.04 bits per heavy atom. The zero-order valence-corrected chi connectivity index (χ0v) is 13.4. The van der Waals surface area contributed by atoms with Gasteiger partial charge >= 0.3 is 0 Å². The molecule has 0 spiro atoms. The molecule has 1 aliphatic rings. The second-order valence-electron chi connectivity index (χ2n) is 6.10. The normalized spacial score (nSPS) is 19.1. The van der Waals surface area contributed by atoms with Crippen molar-refractivity contribution in [2.75, 3.05) is 6.54 Å². The average molecular weight is 315 g/mol. The van der Waals surface area contributed by atoms with E-state index in [1.54, 1.807) is 26.0 Å². The number of likely N-dealkylation sites (tertiary alicyclic amines) is 1. The largest absolute Gasteiger partial charge is 0.393 e. The second kappa shape index (κ2) is 6.50. The second-order valence-corrected chi connectivity index (χ2v) is 6.10. The summed E-state index contributed by atoms with van der Waals surface area (Å²) in [5.41, 5.74) is 1.38. The predicted octanol–water partition coefficient (Wildman–Crippen LogP) is 2.42. The molecule has 2 unspecified atom stereocenters. The van der Waals surface area contributed by atoms with Gasteiger partial charge in [-0.25, -0.2) is 0 Å². The van der Waals surface area contributed by atoms with E-state index in [1.807, 2.05) is 17.0 Å². The van der Waals surface area contributed by atoms with Crippen molar-refractivity contribution in [1.29, 1.82) is 0 Å². The third kappa shape index (κ3) is 3.42. The number of hydrogen-bond donors (Lipinski definition) is 1. The van der Waals surface area contributed by atoms with E-state index in [0.29, 0.717) is 23.7 Å². The van der Waals surface area contributed by atoms with Crippen LogP contribution in [0, 0.1) is 6.92 Å². The molecule has 1 N–H and O–H groups in total. The number of carbonyl (C=O) groups excluding carboxylic acids is 1. The van der Waals surface area contributed by atoms with Crippen molar-refractivity contribution in [3.8, 4) is 11.4 Å². The lowest BCUT2D eigenvalue weighted by Gasteiger charge is -2.26. The molecule has 2 aromatic rings. The zero-order valence-electron chi connectivity index (χ0n) is 13.4. The van der Waals surface area contributed by atoms with Crippen LogP contribution in [0.3, 0.4) is 0 Å². The molecular formula is C17H21N3O3. The highest BCUT2D eigenvalue weighted by molar-refractivity contribution is 5.95. The van der Waals surface area contributed by atoms with E-state index in [0.717, 1.165) is 24.9 Å². The van der Waals surface area contributed by atoms with Crippen molar-refractivity contribution in [2.45, 2.75) is 45.3 Å². The quantitative estimate of drug-likeness (QED) is 0.937. The van der Waals surface area contributed by atoms with Gasteiger partial charge in [0.2, 0.25) is 11.7 Å². The summed E-state index contributed by atoms with van der Waals surface area (Å²) in [6, 6.07) is 7.39. The van der Waals surface area contributed by atoms with Crippen molar-refractivity contribution < 1.29 is 14.4 Å². The molecule has 122 valence electrons. The number of aliphatic hydroxyl groups is 1. The van der Waals surface area contributed by atoms with Gasteiger partial charge in [0.1, 0.15) is 0 Å². The van der Waals surface area contributed by atoms with E-state index in [1.165, 1.54) is 0 Å². The summed E-state index contributed by atoms with van der Waals surface area (Å²) in [6.07, 6.45) is 2.14. The number of aromatic nitrogens is 2. The van der Waals surface area contributed by atoms with Gasteiger partial charge in [0.15, 0.2) is 0 Å². The first-order valence-corrected chi connectivity index (χ1v) is 7.94. The van der Waals surface area contributed by atoms with Gasteiger partial charge in [0.25, 0.3) is 5.91 Å². The number of hydrogen-bond acceptors (Lipinski definition) is 5. The maximum atomic E-state index is 12.8. The van der Waals surface area contributed by atoms with E-state index in [-0.39, 0.29) is 11.9 Å². The molecule has 2 heterocycles. The maximum absolute atomic E-state index is 12.8. The number of rotatable bonds is 4. The van der Waals surface area contributed by atoms with Gasteiger partial charge in [-0.1, -0.05) is 17.3 Å². The third-order valence-corrected chi connectivity index (χ3v) is 4.15. The van der Waals surface area contributed by atoms with Crippen molar-refractivity contribution in [3.05, 3.63) is 35.7 Å². The van der Waals surface area contributed by atoms with Crippen molar-refractivity contribution >= 4 is 5.91 Å². The molecule has 1 fully saturated rings. The Balaban J connectivity index is 1.82. The van der Waals surface area contributed by atoms with Crippen LogP contribution in [0.25, 0.3) is 11.4 Å². The molecule has 23 heavy (non-hydrogen) atoms. The van der Waals surface area contributed by atoms with Gasteiger partial charge in [0, 0.05) is 30.6 Å². The summed E-state index contributed by atoms with van der Waals surface area (Å²) in [7, 11) is 0. The molecule has 0 aliphatic carbocycles. The van der Waals surface area contributed by atoms with Crippen LogP contribution in [-0.4, -0.2) is 44.7 Å². The number of benzene rings is 1. The lowest BCUT2D eigenvalue weighted by atomic mass is 10.1. The molecule has 0 saturated carbocycles. The highest BCUT2D eigenvalue weighted by atomic mass is 16.5. The van der Waals surface area contributed by atoms with Crippen LogP contribution in [0.15, 0.2) is 28.8 Å². The Kier molecular flexibility index (Phi) is 4.43. The molecule has 1 aliphatic heterocycles. The molecule has 0 radical (unpaired) electrons. The molecule has 1 saturated heterocycles. The summed E-state index contributed by atoms with van der Waals surface area (Å²) < 4.78 is 5.00. The van der Waals surface area contributed by atoms with E-state index in [4.69, 9.17) is 4.52 Å². The van der Waals surface area contributed by atoms with Crippen molar-refractivity contribution in [1.82, 2.24) is 15.0 Å². The van der Waals surface area contributed by atoms with Gasteiger partial charge < -0.3 is 14.5 Å². The lowest BCUT2D eigenvalue weighted by Crippen LogP contribution is -2.37. The van der Waals surface area contributed by atoms with Crippen LogP contribution in [-0.2, 0) is 0 Å². The average Bonchev–Trinajstić information content (AvgIpc) is 3.15. The van der Waals surface area contributed by atoms with Crippen LogP contribution in [0.1, 0.15) is 42.4 Å². The van der Waals surface area contributed by atoms with Crippen LogP contribution < -0.4 is 0 Å². The number of aryl methyl sites for hydroxylation is 1. The fourth-order valence-electron chi connectivity index (χ4n) is 3.12. The molecule has 3 rings (SSSR count). The highest BCUT2D eigenvalue weighted by Crippen LogP contribution is 2.25. The smallest absolute Gasteiger partial charge is 0.254 e. The molecule has 1 aromatic heterocycles.